The fourth-order valence-electron chi connectivity index (χ4n) is 1.76. The summed E-state index contributed by atoms with van der Waals surface area (Å²) in [5.41, 5.74) is -1.57. The molecule has 8 heteroatoms. The summed E-state index contributed by atoms with van der Waals surface area (Å²) in [4.78, 5) is 42.3. The van der Waals surface area contributed by atoms with Crippen LogP contribution in [0.1, 0.15) is 47.1 Å². The number of H-pyrrole nitrogens is 1. The van der Waals surface area contributed by atoms with Crippen molar-refractivity contribution in [2.75, 3.05) is 0 Å². The molecule has 0 aromatic carbocycles. The summed E-state index contributed by atoms with van der Waals surface area (Å²) < 4.78 is 10.5. The topological polar surface area (TPSA) is 110 Å². The summed E-state index contributed by atoms with van der Waals surface area (Å²) in [6.07, 6.45) is 1.76. The summed E-state index contributed by atoms with van der Waals surface area (Å²) in [6.45, 7) is 10.3. The zero-order valence-electron chi connectivity index (χ0n) is 14.9. The largest absolute Gasteiger partial charge is 0.458 e. The second-order valence-corrected chi connectivity index (χ2v) is 7.34. The molecule has 0 aliphatic rings. The lowest BCUT2D eigenvalue weighted by Crippen LogP contribution is -2.47. The minimum absolute atomic E-state index is 0.0582. The molecule has 134 valence electrons. The molecule has 0 bridgehead atoms. The van der Waals surface area contributed by atoms with E-state index in [0.717, 1.165) is 0 Å². The van der Waals surface area contributed by atoms with E-state index >= 15 is 0 Å². The molecular weight excluding hydrogens is 314 g/mol. The van der Waals surface area contributed by atoms with E-state index in [9.17, 15) is 14.4 Å². The van der Waals surface area contributed by atoms with Gasteiger partial charge >= 0.3 is 12.1 Å². The SMILES string of the molecule is CC(C)(C)OC(=O)N[C@@H](Cc1cnc[nH]c1=O)C(=O)OC(C)(C)C. The van der Waals surface area contributed by atoms with Gasteiger partial charge < -0.3 is 19.8 Å². The number of carbonyl (C=O) groups is 2. The van der Waals surface area contributed by atoms with Gasteiger partial charge in [-0.25, -0.2) is 14.6 Å². The second kappa shape index (κ2) is 7.46. The highest BCUT2D eigenvalue weighted by Gasteiger charge is 2.29. The van der Waals surface area contributed by atoms with E-state index in [1.165, 1.54) is 12.5 Å². The van der Waals surface area contributed by atoms with Gasteiger partial charge in [-0.3, -0.25) is 4.79 Å². The van der Waals surface area contributed by atoms with Crippen LogP contribution in [0.25, 0.3) is 0 Å². The third-order valence-electron chi connectivity index (χ3n) is 2.60. The summed E-state index contributed by atoms with van der Waals surface area (Å²) >= 11 is 0. The van der Waals surface area contributed by atoms with E-state index in [1.54, 1.807) is 41.5 Å². The van der Waals surface area contributed by atoms with Gasteiger partial charge in [0.05, 0.1) is 6.33 Å². The van der Waals surface area contributed by atoms with Crippen LogP contribution in [0, 0.1) is 0 Å². The van der Waals surface area contributed by atoms with Crippen molar-refractivity contribution in [1.29, 1.82) is 0 Å². The van der Waals surface area contributed by atoms with E-state index in [-0.39, 0.29) is 17.5 Å². The lowest BCUT2D eigenvalue weighted by atomic mass is 10.1. The number of amides is 1. The number of hydrogen-bond acceptors (Lipinski definition) is 6. The third-order valence-corrected chi connectivity index (χ3v) is 2.60. The van der Waals surface area contributed by atoms with Gasteiger partial charge in [-0.15, -0.1) is 0 Å². The number of aromatic nitrogens is 2. The van der Waals surface area contributed by atoms with Gasteiger partial charge in [0, 0.05) is 18.2 Å². The van der Waals surface area contributed by atoms with Gasteiger partial charge in [0.1, 0.15) is 17.2 Å². The molecule has 0 saturated carbocycles. The smallest absolute Gasteiger partial charge is 0.408 e. The van der Waals surface area contributed by atoms with Crippen molar-refractivity contribution >= 4 is 12.1 Å². The minimum atomic E-state index is -1.07. The van der Waals surface area contributed by atoms with Gasteiger partial charge in [-0.05, 0) is 41.5 Å². The first-order chi connectivity index (χ1) is 10.9. The standard InChI is InChI=1S/C16H25N3O5/c1-15(2,3)23-13(21)11(19-14(22)24-16(4,5)6)7-10-8-17-9-18-12(10)20/h8-9,11H,7H2,1-6H3,(H,19,22)(H,17,18,20)/t11-/m0/s1. The van der Waals surface area contributed by atoms with E-state index < -0.39 is 29.3 Å². The number of ether oxygens (including phenoxy) is 2. The fraction of sp³-hybridized carbons (Fsp3) is 0.625. The van der Waals surface area contributed by atoms with E-state index in [0.29, 0.717) is 0 Å². The highest BCUT2D eigenvalue weighted by atomic mass is 16.6. The zero-order valence-corrected chi connectivity index (χ0v) is 14.9. The van der Waals surface area contributed by atoms with Gasteiger partial charge in [0.2, 0.25) is 0 Å². The number of rotatable bonds is 4. The van der Waals surface area contributed by atoms with E-state index in [1.807, 2.05) is 0 Å². The molecule has 1 aromatic rings. The molecule has 0 aliphatic heterocycles. The van der Waals surface area contributed by atoms with Gasteiger partial charge in [0.15, 0.2) is 0 Å². The molecule has 1 rings (SSSR count). The fourth-order valence-corrected chi connectivity index (χ4v) is 1.76. The Balaban J connectivity index is 2.95. The van der Waals surface area contributed by atoms with Crippen molar-refractivity contribution in [3.05, 3.63) is 28.4 Å². The normalized spacial score (nSPS) is 13.1. The lowest BCUT2D eigenvalue weighted by Gasteiger charge is -2.26. The number of aromatic amines is 1. The first-order valence-corrected chi connectivity index (χ1v) is 7.61. The Morgan fingerprint density at radius 1 is 1.17 bits per heavy atom. The van der Waals surface area contributed by atoms with Crippen molar-refractivity contribution in [2.24, 2.45) is 0 Å². The van der Waals surface area contributed by atoms with E-state index in [4.69, 9.17) is 9.47 Å². The Hall–Kier alpha value is -2.38. The number of alkyl carbamates (subject to hydrolysis) is 1. The molecule has 1 amide bonds. The molecule has 1 heterocycles. The first kappa shape index (κ1) is 19.7. The number of esters is 1. The maximum atomic E-state index is 12.4. The van der Waals surface area contributed by atoms with Crippen LogP contribution in [0.3, 0.4) is 0 Å². The highest BCUT2D eigenvalue weighted by Crippen LogP contribution is 2.12. The maximum Gasteiger partial charge on any atom is 0.408 e. The molecule has 0 unspecified atom stereocenters. The van der Waals surface area contributed by atoms with Crippen molar-refractivity contribution in [2.45, 2.75) is 65.2 Å². The summed E-state index contributed by atoms with van der Waals surface area (Å²) in [5.74, 6) is -0.656. The van der Waals surface area contributed by atoms with E-state index in [2.05, 4.69) is 15.3 Å². The Morgan fingerprint density at radius 2 is 1.75 bits per heavy atom. The van der Waals surface area contributed by atoms with Gasteiger partial charge in [-0.1, -0.05) is 0 Å². The predicted molar refractivity (Wildman–Crippen MR) is 87.6 cm³/mol. The molecular formula is C16H25N3O5. The Labute approximate surface area is 141 Å². The highest BCUT2D eigenvalue weighted by molar-refractivity contribution is 5.82. The maximum absolute atomic E-state index is 12.4. The van der Waals surface area contributed by atoms with Crippen LogP contribution in [-0.2, 0) is 20.7 Å². The van der Waals surface area contributed by atoms with Crippen LogP contribution in [0.4, 0.5) is 4.79 Å². The summed E-state index contributed by atoms with van der Waals surface area (Å²) in [7, 11) is 0. The Kier molecular flexibility index (Phi) is 6.11. The summed E-state index contributed by atoms with van der Waals surface area (Å²) in [6, 6.07) is -1.07. The number of carbonyl (C=O) groups excluding carboxylic acids is 2. The van der Waals surface area contributed by atoms with Gasteiger partial charge in [0.25, 0.3) is 5.56 Å². The van der Waals surface area contributed by atoms with Crippen LogP contribution in [0.15, 0.2) is 17.3 Å². The minimum Gasteiger partial charge on any atom is -0.458 e. The number of nitrogens with zero attached hydrogens (tertiary/aromatic N) is 1. The molecule has 0 spiro atoms. The van der Waals surface area contributed by atoms with Crippen LogP contribution in [0.5, 0.6) is 0 Å². The van der Waals surface area contributed by atoms with Gasteiger partial charge in [-0.2, -0.15) is 0 Å². The second-order valence-electron chi connectivity index (χ2n) is 7.34. The number of hydrogen-bond donors (Lipinski definition) is 2. The first-order valence-electron chi connectivity index (χ1n) is 7.61. The zero-order chi connectivity index (χ0) is 18.5. The molecule has 1 atom stereocenters. The molecule has 0 fully saturated rings. The lowest BCUT2D eigenvalue weighted by molar-refractivity contribution is -0.157. The number of nitrogens with one attached hydrogen (secondary N) is 2. The molecule has 2 N–H and O–H groups in total. The molecule has 1 aromatic heterocycles. The van der Waals surface area contributed by atoms with Crippen LogP contribution in [-0.4, -0.2) is 39.3 Å². The third kappa shape index (κ3) is 7.26. The molecule has 0 aliphatic carbocycles. The molecule has 0 radical (unpaired) electrons. The molecule has 8 nitrogen and oxygen atoms in total. The van der Waals surface area contributed by atoms with Crippen LogP contribution < -0.4 is 10.9 Å². The Morgan fingerprint density at radius 3 is 2.25 bits per heavy atom. The average molecular weight is 339 g/mol. The van der Waals surface area contributed by atoms with Crippen molar-refractivity contribution in [3.63, 3.8) is 0 Å². The average Bonchev–Trinajstić information content (AvgIpc) is 2.36. The van der Waals surface area contributed by atoms with Crippen molar-refractivity contribution in [3.8, 4) is 0 Å². The van der Waals surface area contributed by atoms with Crippen molar-refractivity contribution < 1.29 is 19.1 Å². The quantitative estimate of drug-likeness (QED) is 0.805. The van der Waals surface area contributed by atoms with Crippen LogP contribution in [0.2, 0.25) is 0 Å². The predicted octanol–water partition coefficient (Wildman–Crippen LogP) is 1.55. The van der Waals surface area contributed by atoms with Crippen molar-refractivity contribution in [1.82, 2.24) is 15.3 Å². The summed E-state index contributed by atoms with van der Waals surface area (Å²) in [5, 5.41) is 2.46. The molecule has 24 heavy (non-hydrogen) atoms. The van der Waals surface area contributed by atoms with Crippen LogP contribution >= 0.6 is 0 Å². The molecule has 0 saturated heterocycles. The monoisotopic (exact) mass is 339 g/mol. The Bertz CT molecular complexity index is 640.